The van der Waals surface area contributed by atoms with E-state index in [0.717, 1.165) is 66.3 Å². The molecular formula is C26H31N3O4. The minimum absolute atomic E-state index is 0.304. The Morgan fingerprint density at radius 2 is 2.09 bits per heavy atom. The van der Waals surface area contributed by atoms with Crippen molar-refractivity contribution in [3.05, 3.63) is 59.8 Å². The molecule has 3 heterocycles. The Morgan fingerprint density at radius 3 is 3.00 bits per heavy atom. The highest BCUT2D eigenvalue weighted by molar-refractivity contribution is 5.83. The van der Waals surface area contributed by atoms with Crippen LogP contribution in [-0.4, -0.2) is 55.1 Å². The predicted octanol–water partition coefficient (Wildman–Crippen LogP) is 3.51. The molecule has 2 atom stereocenters. The number of aliphatic hydroxyl groups is 1. The van der Waals surface area contributed by atoms with Gasteiger partial charge in [-0.2, -0.15) is 0 Å². The molecule has 1 unspecified atom stereocenters. The van der Waals surface area contributed by atoms with Crippen LogP contribution in [0.5, 0.6) is 17.2 Å². The second-order valence-electron chi connectivity index (χ2n) is 8.89. The molecule has 1 fully saturated rings. The molecule has 2 aliphatic heterocycles. The number of β-amino-alcohol motifs (C(OH)–C–C–N with tert-alkyl or cyclic N) is 1. The summed E-state index contributed by atoms with van der Waals surface area (Å²) in [5, 5.41) is 15.6. The van der Waals surface area contributed by atoms with Gasteiger partial charge >= 0.3 is 0 Å². The number of methoxy groups -OCH3 is 1. The van der Waals surface area contributed by atoms with E-state index in [1.807, 2.05) is 36.4 Å². The molecule has 1 saturated heterocycles. The van der Waals surface area contributed by atoms with Crippen molar-refractivity contribution in [2.45, 2.75) is 25.5 Å². The summed E-state index contributed by atoms with van der Waals surface area (Å²) in [6, 6.07) is 13.8. The Kier molecular flexibility index (Phi) is 6.62. The highest BCUT2D eigenvalue weighted by Gasteiger charge is 2.23. The fourth-order valence-electron chi connectivity index (χ4n) is 4.86. The predicted molar refractivity (Wildman–Crippen MR) is 127 cm³/mol. The van der Waals surface area contributed by atoms with E-state index in [9.17, 15) is 5.11 Å². The average molecular weight is 450 g/mol. The normalized spacial score (nSPS) is 19.0. The summed E-state index contributed by atoms with van der Waals surface area (Å²) < 4.78 is 16.2. The van der Waals surface area contributed by atoms with Crippen LogP contribution in [0.4, 0.5) is 0 Å². The summed E-state index contributed by atoms with van der Waals surface area (Å²) in [6.07, 6.45) is 3.55. The molecule has 2 N–H and O–H groups in total. The molecule has 1 aromatic heterocycles. The number of pyridine rings is 1. The molecule has 7 nitrogen and oxygen atoms in total. The lowest BCUT2D eigenvalue weighted by atomic mass is 9.96. The topological polar surface area (TPSA) is 76.1 Å². The summed E-state index contributed by atoms with van der Waals surface area (Å²) in [7, 11) is 1.65. The van der Waals surface area contributed by atoms with E-state index in [-0.39, 0.29) is 0 Å². The largest absolute Gasteiger partial charge is 0.497 e. The molecule has 0 aliphatic carbocycles. The van der Waals surface area contributed by atoms with E-state index >= 15 is 0 Å². The first-order chi connectivity index (χ1) is 16.2. The van der Waals surface area contributed by atoms with Crippen LogP contribution in [0.3, 0.4) is 0 Å². The maximum absolute atomic E-state index is 11.1. The molecular weight excluding hydrogens is 418 g/mol. The number of hydrogen-bond acceptors (Lipinski definition) is 7. The number of benzene rings is 2. The van der Waals surface area contributed by atoms with E-state index in [2.05, 4.69) is 21.3 Å². The Hall–Kier alpha value is -2.87. The first kappa shape index (κ1) is 21.9. The Balaban J connectivity index is 1.16. The molecule has 0 amide bonds. The van der Waals surface area contributed by atoms with Gasteiger partial charge in [0.05, 0.1) is 18.7 Å². The van der Waals surface area contributed by atoms with Crippen LogP contribution in [-0.2, 0) is 6.54 Å². The van der Waals surface area contributed by atoms with Gasteiger partial charge in [-0.05, 0) is 79.4 Å². The number of ether oxygens (including phenoxy) is 3. The van der Waals surface area contributed by atoms with Crippen molar-refractivity contribution in [1.82, 2.24) is 15.2 Å². The van der Waals surface area contributed by atoms with Crippen molar-refractivity contribution >= 4 is 10.9 Å². The first-order valence-corrected chi connectivity index (χ1v) is 11.6. The molecule has 3 aromatic rings. The van der Waals surface area contributed by atoms with Crippen molar-refractivity contribution in [2.75, 3.05) is 40.1 Å². The lowest BCUT2D eigenvalue weighted by Gasteiger charge is -2.34. The second-order valence-corrected chi connectivity index (χ2v) is 8.89. The fourth-order valence-corrected chi connectivity index (χ4v) is 4.86. The molecule has 2 aliphatic rings. The van der Waals surface area contributed by atoms with E-state index in [1.165, 1.54) is 12.0 Å². The molecule has 174 valence electrons. The van der Waals surface area contributed by atoms with Crippen molar-refractivity contribution in [3.8, 4) is 17.2 Å². The molecule has 7 heteroatoms. The lowest BCUT2D eigenvalue weighted by molar-refractivity contribution is 0.0849. The molecule has 5 rings (SSSR count). The molecule has 0 spiro atoms. The van der Waals surface area contributed by atoms with Crippen LogP contribution in [0.15, 0.2) is 48.7 Å². The van der Waals surface area contributed by atoms with Crippen LogP contribution < -0.4 is 19.5 Å². The maximum Gasteiger partial charge on any atom is 0.231 e. The number of nitrogens with one attached hydrogen (secondary N) is 1. The summed E-state index contributed by atoms with van der Waals surface area (Å²) >= 11 is 0. The number of nitrogens with zero attached hydrogens (tertiary/aromatic N) is 2. The van der Waals surface area contributed by atoms with E-state index in [4.69, 9.17) is 14.2 Å². The van der Waals surface area contributed by atoms with Crippen LogP contribution in [0.1, 0.15) is 30.1 Å². The van der Waals surface area contributed by atoms with E-state index in [0.29, 0.717) is 19.3 Å². The van der Waals surface area contributed by atoms with Crippen LogP contribution in [0.2, 0.25) is 0 Å². The van der Waals surface area contributed by atoms with Gasteiger partial charge in [0.1, 0.15) is 5.75 Å². The van der Waals surface area contributed by atoms with Gasteiger partial charge in [0.25, 0.3) is 0 Å². The SMILES string of the molecule is COc1ccc2nccc(C(O)CN3CCC[C@@H](CNCc4ccc5c(c4)OCO5)C3)c2c1. The van der Waals surface area contributed by atoms with Crippen LogP contribution in [0, 0.1) is 5.92 Å². The highest BCUT2D eigenvalue weighted by atomic mass is 16.7. The number of fused-ring (bicyclic) bond motifs is 2. The molecule has 33 heavy (non-hydrogen) atoms. The van der Waals surface area contributed by atoms with Crippen molar-refractivity contribution in [3.63, 3.8) is 0 Å². The van der Waals surface area contributed by atoms with Crippen molar-refractivity contribution in [2.24, 2.45) is 5.92 Å². The maximum atomic E-state index is 11.1. The smallest absolute Gasteiger partial charge is 0.231 e. The fraction of sp³-hybridized carbons (Fsp3) is 0.423. The third-order valence-corrected chi connectivity index (χ3v) is 6.57. The number of aromatic nitrogens is 1. The van der Waals surface area contributed by atoms with Crippen LogP contribution in [0.25, 0.3) is 10.9 Å². The van der Waals surface area contributed by atoms with Gasteiger partial charge in [0.15, 0.2) is 11.5 Å². The lowest BCUT2D eigenvalue weighted by Crippen LogP contribution is -2.41. The third kappa shape index (κ3) is 5.05. The quantitative estimate of drug-likeness (QED) is 0.545. The standard InChI is InChI=1S/C26H31N3O4/c1-31-20-5-6-23-22(12-20)21(8-9-28-23)24(30)16-29-10-2-3-19(15-29)14-27-13-18-4-7-25-26(11-18)33-17-32-25/h4-9,11-12,19,24,27,30H,2-3,10,13-17H2,1H3/t19-,24?/m0/s1. The number of likely N-dealkylation sites (tertiary alicyclic amines) is 1. The number of piperidine rings is 1. The summed E-state index contributed by atoms with van der Waals surface area (Å²) in [6.45, 7) is 4.68. The van der Waals surface area contributed by atoms with Gasteiger partial charge < -0.3 is 29.5 Å². The zero-order valence-corrected chi connectivity index (χ0v) is 19.0. The Bertz CT molecular complexity index is 1110. The number of rotatable bonds is 8. The van der Waals surface area contributed by atoms with Crippen molar-refractivity contribution in [1.29, 1.82) is 0 Å². The van der Waals surface area contributed by atoms with E-state index < -0.39 is 6.10 Å². The molecule has 0 saturated carbocycles. The van der Waals surface area contributed by atoms with Gasteiger partial charge in [0.2, 0.25) is 6.79 Å². The zero-order chi connectivity index (χ0) is 22.6. The molecule has 0 bridgehead atoms. The third-order valence-electron chi connectivity index (χ3n) is 6.57. The van der Waals surface area contributed by atoms with Crippen LogP contribution >= 0.6 is 0 Å². The Labute approximate surface area is 194 Å². The van der Waals surface area contributed by atoms with Gasteiger partial charge in [-0.1, -0.05) is 6.07 Å². The second kappa shape index (κ2) is 9.95. The van der Waals surface area contributed by atoms with Crippen molar-refractivity contribution < 1.29 is 19.3 Å². The summed E-state index contributed by atoms with van der Waals surface area (Å²) in [5.41, 5.74) is 2.97. The molecule has 0 radical (unpaired) electrons. The van der Waals surface area contributed by atoms with Gasteiger partial charge in [-0.15, -0.1) is 0 Å². The van der Waals surface area contributed by atoms with E-state index in [1.54, 1.807) is 13.3 Å². The number of hydrogen-bond donors (Lipinski definition) is 2. The summed E-state index contributed by atoms with van der Waals surface area (Å²) in [4.78, 5) is 6.82. The summed E-state index contributed by atoms with van der Waals surface area (Å²) in [5.74, 6) is 2.98. The Morgan fingerprint density at radius 1 is 1.18 bits per heavy atom. The van der Waals surface area contributed by atoms with Gasteiger partial charge in [0, 0.05) is 31.2 Å². The monoisotopic (exact) mass is 449 g/mol. The highest BCUT2D eigenvalue weighted by Crippen LogP contribution is 2.32. The minimum Gasteiger partial charge on any atom is -0.497 e. The minimum atomic E-state index is -0.567. The van der Waals surface area contributed by atoms with Gasteiger partial charge in [-0.3, -0.25) is 4.98 Å². The first-order valence-electron chi connectivity index (χ1n) is 11.6. The molecule has 2 aromatic carbocycles. The average Bonchev–Trinajstić information content (AvgIpc) is 3.31. The number of aliphatic hydroxyl groups excluding tert-OH is 1. The zero-order valence-electron chi connectivity index (χ0n) is 19.0. The van der Waals surface area contributed by atoms with Gasteiger partial charge in [-0.25, -0.2) is 0 Å².